The second-order valence-electron chi connectivity index (χ2n) is 6.06. The van der Waals surface area contributed by atoms with Gasteiger partial charge >= 0.3 is 0 Å². The molecule has 114 valence electrons. The lowest BCUT2D eigenvalue weighted by Crippen LogP contribution is -2.47. The van der Waals surface area contributed by atoms with Gasteiger partial charge in [0.05, 0.1) is 30.3 Å². The number of nitrogens with zero attached hydrogens (tertiary/aromatic N) is 5. The Morgan fingerprint density at radius 2 is 2.19 bits per heavy atom. The lowest BCUT2D eigenvalue weighted by Gasteiger charge is -2.37. The fourth-order valence-corrected chi connectivity index (χ4v) is 2.78. The molecule has 0 aliphatic carbocycles. The first-order chi connectivity index (χ1) is 9.98. The van der Waals surface area contributed by atoms with Gasteiger partial charge in [-0.15, -0.1) is 0 Å². The van der Waals surface area contributed by atoms with Crippen LogP contribution in [-0.2, 0) is 18.3 Å². The average molecular weight is 290 g/mol. The van der Waals surface area contributed by atoms with Gasteiger partial charge in [-0.3, -0.25) is 9.58 Å². The molecule has 21 heavy (non-hydrogen) atoms. The van der Waals surface area contributed by atoms with Crippen molar-refractivity contribution in [2.75, 3.05) is 32.1 Å². The van der Waals surface area contributed by atoms with E-state index in [2.05, 4.69) is 39.1 Å². The van der Waals surface area contributed by atoms with Gasteiger partial charge < -0.3 is 10.1 Å². The van der Waals surface area contributed by atoms with E-state index in [-0.39, 0.29) is 5.60 Å². The van der Waals surface area contributed by atoms with Gasteiger partial charge in [-0.25, -0.2) is 9.97 Å². The summed E-state index contributed by atoms with van der Waals surface area (Å²) in [5, 5.41) is 8.34. The van der Waals surface area contributed by atoms with Gasteiger partial charge in [0.1, 0.15) is 11.6 Å². The number of aryl methyl sites for hydroxylation is 1. The first kappa shape index (κ1) is 14.2. The van der Waals surface area contributed by atoms with Crippen LogP contribution in [0.1, 0.15) is 19.7 Å². The van der Waals surface area contributed by atoms with Crippen molar-refractivity contribution in [2.45, 2.75) is 26.0 Å². The van der Waals surface area contributed by atoms with E-state index < -0.39 is 0 Å². The molecule has 0 radical (unpaired) electrons. The Hall–Kier alpha value is -1.73. The van der Waals surface area contributed by atoms with E-state index in [1.54, 1.807) is 10.9 Å². The van der Waals surface area contributed by atoms with Crippen LogP contribution in [0.4, 0.5) is 5.82 Å². The predicted molar refractivity (Wildman–Crippen MR) is 81.2 cm³/mol. The summed E-state index contributed by atoms with van der Waals surface area (Å²) in [4.78, 5) is 11.6. The molecule has 1 aliphatic rings. The molecule has 0 amide bonds. The normalized spacial score (nSPS) is 19.0. The predicted octanol–water partition coefficient (Wildman–Crippen LogP) is 1.02. The number of nitrogens with one attached hydrogen (secondary N) is 1. The van der Waals surface area contributed by atoms with Gasteiger partial charge in [-0.1, -0.05) is 0 Å². The minimum absolute atomic E-state index is 0.110. The quantitative estimate of drug-likeness (QED) is 0.910. The van der Waals surface area contributed by atoms with Crippen molar-refractivity contribution >= 4 is 16.9 Å². The molecule has 0 saturated carbocycles. The van der Waals surface area contributed by atoms with Crippen molar-refractivity contribution in [3.63, 3.8) is 0 Å². The largest absolute Gasteiger partial charge is 0.373 e. The third-order valence-corrected chi connectivity index (χ3v) is 3.74. The summed E-state index contributed by atoms with van der Waals surface area (Å²) in [6.07, 6.45) is 1.79. The highest BCUT2D eigenvalue weighted by molar-refractivity contribution is 5.86. The van der Waals surface area contributed by atoms with E-state index in [1.165, 1.54) is 0 Å². The maximum Gasteiger partial charge on any atom is 0.163 e. The fourth-order valence-electron chi connectivity index (χ4n) is 2.78. The van der Waals surface area contributed by atoms with Crippen molar-refractivity contribution in [2.24, 2.45) is 7.05 Å². The molecule has 1 saturated heterocycles. The van der Waals surface area contributed by atoms with E-state index >= 15 is 0 Å². The summed E-state index contributed by atoms with van der Waals surface area (Å²) in [5.74, 6) is 1.64. The SMILES string of the molecule is CNc1nc(CN2CCOC(C)(C)C2)nc2c1cnn2C. The molecule has 2 aromatic heterocycles. The summed E-state index contributed by atoms with van der Waals surface area (Å²) in [7, 11) is 3.77. The van der Waals surface area contributed by atoms with Crippen LogP contribution in [0.5, 0.6) is 0 Å². The summed E-state index contributed by atoms with van der Waals surface area (Å²) >= 11 is 0. The maximum absolute atomic E-state index is 5.75. The van der Waals surface area contributed by atoms with Crippen LogP contribution in [0, 0.1) is 0 Å². The van der Waals surface area contributed by atoms with E-state index in [4.69, 9.17) is 4.74 Å². The molecule has 0 atom stereocenters. The minimum atomic E-state index is -0.110. The molecule has 0 bridgehead atoms. The zero-order valence-electron chi connectivity index (χ0n) is 13.1. The lowest BCUT2D eigenvalue weighted by atomic mass is 10.1. The molecule has 1 aliphatic heterocycles. The van der Waals surface area contributed by atoms with Crippen LogP contribution < -0.4 is 5.32 Å². The molecule has 2 aromatic rings. The fraction of sp³-hybridized carbons (Fsp3) is 0.643. The molecular weight excluding hydrogens is 268 g/mol. The Balaban J connectivity index is 1.88. The number of morpholine rings is 1. The third kappa shape index (κ3) is 2.84. The van der Waals surface area contributed by atoms with Gasteiger partial charge in [0.2, 0.25) is 0 Å². The molecule has 7 heteroatoms. The molecule has 0 spiro atoms. The van der Waals surface area contributed by atoms with Gasteiger partial charge in [0.25, 0.3) is 0 Å². The number of fused-ring (bicyclic) bond motifs is 1. The van der Waals surface area contributed by atoms with Crippen LogP contribution in [0.3, 0.4) is 0 Å². The Morgan fingerprint density at radius 3 is 2.90 bits per heavy atom. The second-order valence-corrected chi connectivity index (χ2v) is 6.06. The average Bonchev–Trinajstić information content (AvgIpc) is 2.79. The number of hydrogen-bond acceptors (Lipinski definition) is 6. The zero-order valence-corrected chi connectivity index (χ0v) is 13.1. The Kier molecular flexibility index (Phi) is 3.54. The van der Waals surface area contributed by atoms with Crippen molar-refractivity contribution in [3.8, 4) is 0 Å². The van der Waals surface area contributed by atoms with Crippen LogP contribution >= 0.6 is 0 Å². The highest BCUT2D eigenvalue weighted by Crippen LogP contribution is 2.21. The zero-order chi connectivity index (χ0) is 15.0. The Bertz CT molecular complexity index is 650. The smallest absolute Gasteiger partial charge is 0.163 e. The molecule has 3 rings (SSSR count). The second kappa shape index (κ2) is 5.23. The number of ether oxygens (including phenoxy) is 1. The third-order valence-electron chi connectivity index (χ3n) is 3.74. The number of anilines is 1. The topological polar surface area (TPSA) is 68.1 Å². The maximum atomic E-state index is 5.75. The highest BCUT2D eigenvalue weighted by atomic mass is 16.5. The summed E-state index contributed by atoms with van der Waals surface area (Å²) in [6.45, 7) is 7.49. The number of rotatable bonds is 3. The molecule has 0 aromatic carbocycles. The first-order valence-electron chi connectivity index (χ1n) is 7.21. The van der Waals surface area contributed by atoms with E-state index in [0.717, 1.165) is 48.9 Å². The molecule has 1 N–H and O–H groups in total. The monoisotopic (exact) mass is 290 g/mol. The van der Waals surface area contributed by atoms with Gasteiger partial charge in [-0.05, 0) is 13.8 Å². The summed E-state index contributed by atoms with van der Waals surface area (Å²) < 4.78 is 7.53. The molecule has 3 heterocycles. The van der Waals surface area contributed by atoms with Gasteiger partial charge in [-0.2, -0.15) is 5.10 Å². The van der Waals surface area contributed by atoms with E-state index in [0.29, 0.717) is 0 Å². The van der Waals surface area contributed by atoms with E-state index in [9.17, 15) is 0 Å². The van der Waals surface area contributed by atoms with Crippen LogP contribution in [0.25, 0.3) is 11.0 Å². The first-order valence-corrected chi connectivity index (χ1v) is 7.21. The van der Waals surface area contributed by atoms with Crippen LogP contribution in [0.15, 0.2) is 6.20 Å². The summed E-state index contributed by atoms with van der Waals surface area (Å²) in [6, 6.07) is 0. The van der Waals surface area contributed by atoms with Crippen molar-refractivity contribution in [3.05, 3.63) is 12.0 Å². The van der Waals surface area contributed by atoms with Crippen molar-refractivity contribution < 1.29 is 4.74 Å². The van der Waals surface area contributed by atoms with Gasteiger partial charge in [0.15, 0.2) is 5.65 Å². The minimum Gasteiger partial charge on any atom is -0.373 e. The molecule has 1 fully saturated rings. The molecule has 0 unspecified atom stereocenters. The molecule has 7 nitrogen and oxygen atoms in total. The van der Waals surface area contributed by atoms with Crippen LogP contribution in [0.2, 0.25) is 0 Å². The van der Waals surface area contributed by atoms with Crippen LogP contribution in [-0.4, -0.2) is 57.0 Å². The Labute approximate surface area is 124 Å². The van der Waals surface area contributed by atoms with E-state index in [1.807, 2.05) is 14.1 Å². The standard InChI is InChI=1S/C14H22N6O/c1-14(2)9-20(5-6-21-14)8-11-17-12(15-3)10-7-16-19(4)13(10)18-11/h7H,5-6,8-9H2,1-4H3,(H,15,17,18). The Morgan fingerprint density at radius 1 is 1.38 bits per heavy atom. The number of aromatic nitrogens is 4. The summed E-state index contributed by atoms with van der Waals surface area (Å²) in [5.41, 5.74) is 0.748. The van der Waals surface area contributed by atoms with Gasteiger partial charge in [0, 0.05) is 27.2 Å². The molecular formula is C14H22N6O. The van der Waals surface area contributed by atoms with Crippen molar-refractivity contribution in [1.82, 2.24) is 24.6 Å². The van der Waals surface area contributed by atoms with Crippen molar-refractivity contribution in [1.29, 1.82) is 0 Å². The number of hydrogen-bond donors (Lipinski definition) is 1. The highest BCUT2D eigenvalue weighted by Gasteiger charge is 2.27. The lowest BCUT2D eigenvalue weighted by molar-refractivity contribution is -0.0887.